The van der Waals surface area contributed by atoms with Gasteiger partial charge in [0.15, 0.2) is 0 Å². The minimum atomic E-state index is -0.0112. The van der Waals surface area contributed by atoms with Crippen molar-refractivity contribution in [3.63, 3.8) is 0 Å². The first-order valence-electron chi connectivity index (χ1n) is 6.90. The Hall–Kier alpha value is -1.75. The van der Waals surface area contributed by atoms with E-state index in [-0.39, 0.29) is 6.04 Å². The average molecular weight is 298 g/mol. The topological polar surface area (TPSA) is 51.2 Å². The molecule has 4 heteroatoms. The summed E-state index contributed by atoms with van der Waals surface area (Å²) in [6.07, 6.45) is 0. The highest BCUT2D eigenvalue weighted by molar-refractivity contribution is 7.99. The van der Waals surface area contributed by atoms with Crippen LogP contribution in [0.4, 0.5) is 0 Å². The second-order valence-electron chi connectivity index (χ2n) is 5.03. The fourth-order valence-electron chi connectivity index (χ4n) is 2.27. The summed E-state index contributed by atoms with van der Waals surface area (Å²) in [6, 6.07) is 18.5. The van der Waals surface area contributed by atoms with Gasteiger partial charge in [0.2, 0.25) is 0 Å². The van der Waals surface area contributed by atoms with Crippen LogP contribution in [0.1, 0.15) is 17.4 Å². The molecule has 21 heavy (non-hydrogen) atoms. The van der Waals surface area contributed by atoms with Crippen molar-refractivity contribution in [2.24, 2.45) is 5.84 Å². The highest BCUT2D eigenvalue weighted by Crippen LogP contribution is 2.28. The van der Waals surface area contributed by atoms with Crippen LogP contribution >= 0.6 is 11.8 Å². The van der Waals surface area contributed by atoms with E-state index in [1.807, 2.05) is 24.3 Å². The Morgan fingerprint density at radius 1 is 1.14 bits per heavy atom. The second kappa shape index (κ2) is 6.35. The number of nitrogens with two attached hydrogens (primary N) is 1. The monoisotopic (exact) mass is 298 g/mol. The molecule has 0 saturated carbocycles. The molecule has 0 aliphatic rings. The minimum Gasteiger partial charge on any atom is -0.459 e. The number of benzene rings is 2. The van der Waals surface area contributed by atoms with E-state index in [9.17, 15) is 0 Å². The molecule has 3 rings (SSSR count). The molecule has 0 radical (unpaired) electrons. The average Bonchev–Trinajstić information content (AvgIpc) is 2.91. The molecule has 0 fully saturated rings. The molecule has 2 aromatic carbocycles. The summed E-state index contributed by atoms with van der Waals surface area (Å²) >= 11 is 1.77. The van der Waals surface area contributed by atoms with Gasteiger partial charge in [-0.1, -0.05) is 35.9 Å². The summed E-state index contributed by atoms with van der Waals surface area (Å²) in [5.74, 6) is 7.39. The highest BCUT2D eigenvalue weighted by atomic mass is 32.2. The molecule has 1 atom stereocenters. The Kier molecular flexibility index (Phi) is 4.29. The Bertz CT molecular complexity index is 705. The van der Waals surface area contributed by atoms with Gasteiger partial charge < -0.3 is 4.42 Å². The van der Waals surface area contributed by atoms with E-state index in [0.29, 0.717) is 0 Å². The lowest BCUT2D eigenvalue weighted by molar-refractivity contribution is 0.464. The number of para-hydroxylation sites is 1. The van der Waals surface area contributed by atoms with Gasteiger partial charge in [0.25, 0.3) is 0 Å². The molecule has 0 bridgehead atoms. The van der Waals surface area contributed by atoms with Gasteiger partial charge in [-0.3, -0.25) is 5.84 Å². The number of hydrogen-bond acceptors (Lipinski definition) is 4. The standard InChI is InChI=1S/C17H18N2OS/c1-12-5-4-7-14(9-12)21-11-15(19-18)17-10-13-6-2-3-8-16(13)20-17/h2-10,15,19H,11,18H2,1H3. The van der Waals surface area contributed by atoms with Crippen molar-refractivity contribution in [2.75, 3.05) is 5.75 Å². The van der Waals surface area contributed by atoms with Crippen LogP contribution in [-0.4, -0.2) is 5.75 Å². The SMILES string of the molecule is Cc1cccc(SCC(NN)c2cc3ccccc3o2)c1. The highest BCUT2D eigenvalue weighted by Gasteiger charge is 2.15. The Labute approximate surface area is 128 Å². The molecule has 3 aromatic rings. The van der Waals surface area contributed by atoms with Crippen molar-refractivity contribution in [1.82, 2.24) is 5.43 Å². The van der Waals surface area contributed by atoms with Crippen LogP contribution < -0.4 is 11.3 Å². The quantitative estimate of drug-likeness (QED) is 0.424. The van der Waals surface area contributed by atoms with E-state index < -0.39 is 0 Å². The third-order valence-electron chi connectivity index (χ3n) is 3.40. The van der Waals surface area contributed by atoms with Gasteiger partial charge in [0.1, 0.15) is 11.3 Å². The lowest BCUT2D eigenvalue weighted by atomic mass is 10.2. The van der Waals surface area contributed by atoms with Gasteiger partial charge in [0.05, 0.1) is 6.04 Å². The van der Waals surface area contributed by atoms with E-state index in [4.69, 9.17) is 10.3 Å². The van der Waals surface area contributed by atoms with Gasteiger partial charge in [-0.05, 0) is 31.2 Å². The number of fused-ring (bicyclic) bond motifs is 1. The van der Waals surface area contributed by atoms with Gasteiger partial charge >= 0.3 is 0 Å². The molecule has 1 aromatic heterocycles. The molecule has 0 saturated heterocycles. The largest absolute Gasteiger partial charge is 0.459 e. The third-order valence-corrected chi connectivity index (χ3v) is 4.48. The maximum Gasteiger partial charge on any atom is 0.134 e. The van der Waals surface area contributed by atoms with Crippen molar-refractivity contribution < 1.29 is 4.42 Å². The van der Waals surface area contributed by atoms with Crippen LogP contribution in [0.3, 0.4) is 0 Å². The number of hydrazine groups is 1. The van der Waals surface area contributed by atoms with Crippen LogP contribution in [0.2, 0.25) is 0 Å². The first-order chi connectivity index (χ1) is 10.3. The fraction of sp³-hybridized carbons (Fsp3) is 0.176. The van der Waals surface area contributed by atoms with E-state index in [2.05, 4.69) is 42.7 Å². The van der Waals surface area contributed by atoms with Gasteiger partial charge in [-0.25, -0.2) is 5.43 Å². The molecule has 0 aliphatic carbocycles. The predicted molar refractivity (Wildman–Crippen MR) is 88.2 cm³/mol. The normalized spacial score (nSPS) is 12.7. The van der Waals surface area contributed by atoms with Crippen LogP contribution in [0, 0.1) is 6.92 Å². The first-order valence-corrected chi connectivity index (χ1v) is 7.89. The zero-order valence-corrected chi connectivity index (χ0v) is 12.7. The van der Waals surface area contributed by atoms with E-state index in [0.717, 1.165) is 22.5 Å². The van der Waals surface area contributed by atoms with Gasteiger partial charge in [-0.15, -0.1) is 11.8 Å². The molecule has 0 amide bonds. The van der Waals surface area contributed by atoms with Crippen LogP contribution in [0.5, 0.6) is 0 Å². The van der Waals surface area contributed by atoms with Crippen LogP contribution in [0.25, 0.3) is 11.0 Å². The molecular weight excluding hydrogens is 280 g/mol. The Morgan fingerprint density at radius 2 is 2.00 bits per heavy atom. The molecular formula is C17H18N2OS. The maximum atomic E-state index is 5.88. The first kappa shape index (κ1) is 14.2. The van der Waals surface area contributed by atoms with E-state index in [1.165, 1.54) is 10.5 Å². The van der Waals surface area contributed by atoms with Crippen molar-refractivity contribution in [3.8, 4) is 0 Å². The van der Waals surface area contributed by atoms with Gasteiger partial charge in [-0.2, -0.15) is 0 Å². The summed E-state index contributed by atoms with van der Waals surface area (Å²) in [6.45, 7) is 2.10. The number of rotatable bonds is 5. The molecule has 1 unspecified atom stereocenters. The molecule has 0 aliphatic heterocycles. The van der Waals surface area contributed by atoms with E-state index >= 15 is 0 Å². The molecule has 3 N–H and O–H groups in total. The summed E-state index contributed by atoms with van der Waals surface area (Å²) in [4.78, 5) is 1.24. The maximum absolute atomic E-state index is 5.88. The van der Waals surface area contributed by atoms with Gasteiger partial charge in [0, 0.05) is 16.0 Å². The van der Waals surface area contributed by atoms with Crippen LogP contribution in [-0.2, 0) is 0 Å². The Morgan fingerprint density at radius 3 is 2.76 bits per heavy atom. The number of aryl methyl sites for hydroxylation is 1. The number of furan rings is 1. The molecule has 3 nitrogen and oxygen atoms in total. The van der Waals surface area contributed by atoms with Crippen molar-refractivity contribution in [1.29, 1.82) is 0 Å². The predicted octanol–water partition coefficient (Wildman–Crippen LogP) is 4.04. The third kappa shape index (κ3) is 3.29. The summed E-state index contributed by atoms with van der Waals surface area (Å²) < 4.78 is 5.88. The lowest BCUT2D eigenvalue weighted by Crippen LogP contribution is -2.29. The zero-order valence-electron chi connectivity index (χ0n) is 11.9. The summed E-state index contributed by atoms with van der Waals surface area (Å²) in [5, 5.41) is 1.10. The van der Waals surface area contributed by atoms with E-state index in [1.54, 1.807) is 11.8 Å². The number of hydrogen-bond donors (Lipinski definition) is 2. The number of nitrogens with one attached hydrogen (secondary N) is 1. The molecule has 0 spiro atoms. The molecule has 1 heterocycles. The number of thioether (sulfide) groups is 1. The second-order valence-corrected chi connectivity index (χ2v) is 6.13. The summed E-state index contributed by atoms with van der Waals surface area (Å²) in [7, 11) is 0. The lowest BCUT2D eigenvalue weighted by Gasteiger charge is -2.12. The Balaban J connectivity index is 1.75. The van der Waals surface area contributed by atoms with Crippen molar-refractivity contribution in [2.45, 2.75) is 17.9 Å². The smallest absolute Gasteiger partial charge is 0.134 e. The zero-order chi connectivity index (χ0) is 14.7. The molecule has 108 valence electrons. The minimum absolute atomic E-state index is 0.0112. The summed E-state index contributed by atoms with van der Waals surface area (Å²) in [5.41, 5.74) is 5.01. The van der Waals surface area contributed by atoms with Crippen molar-refractivity contribution in [3.05, 3.63) is 65.9 Å². The fourth-order valence-corrected chi connectivity index (χ4v) is 3.33. The van der Waals surface area contributed by atoms with Crippen molar-refractivity contribution >= 4 is 22.7 Å². The van der Waals surface area contributed by atoms with Crippen LogP contribution in [0.15, 0.2) is 63.9 Å².